The van der Waals surface area contributed by atoms with E-state index in [1.54, 1.807) is 6.07 Å². The lowest BCUT2D eigenvalue weighted by Crippen LogP contribution is -2.17. The molecule has 0 fully saturated rings. The van der Waals surface area contributed by atoms with Crippen LogP contribution in [0.25, 0.3) is 0 Å². The lowest BCUT2D eigenvalue weighted by molar-refractivity contribution is 0.0532. The fourth-order valence-electron chi connectivity index (χ4n) is 1.19. The predicted octanol–water partition coefficient (Wildman–Crippen LogP) is 0.195. The van der Waals surface area contributed by atoms with Crippen LogP contribution in [-0.2, 0) is 0 Å². The lowest BCUT2D eigenvalue weighted by atomic mass is 10.0. The number of hydrogen-bond donors (Lipinski definition) is 3. The number of nitrogen functional groups attached to an aromatic ring is 1. The number of aliphatic hydroxyl groups excluding tert-OH is 2. The van der Waals surface area contributed by atoms with Gasteiger partial charge in [-0.2, -0.15) is 5.26 Å². The van der Waals surface area contributed by atoms with E-state index >= 15 is 0 Å². The maximum absolute atomic E-state index is 9.54. The number of nitriles is 1. The minimum Gasteiger partial charge on any atom is -0.497 e. The number of aliphatic hydroxyl groups is 2. The van der Waals surface area contributed by atoms with Crippen LogP contribution in [0.15, 0.2) is 18.2 Å². The largest absolute Gasteiger partial charge is 0.497 e. The highest BCUT2D eigenvalue weighted by Gasteiger charge is 2.19. The van der Waals surface area contributed by atoms with E-state index < -0.39 is 12.2 Å². The molecule has 0 aliphatic rings. The molecule has 5 heteroatoms. The molecule has 5 nitrogen and oxygen atoms in total. The molecule has 0 aliphatic carbocycles. The Morgan fingerprint density at radius 3 is 2.60 bits per heavy atom. The maximum Gasteiger partial charge on any atom is 0.170 e. The molecule has 0 radical (unpaired) electrons. The lowest BCUT2D eigenvalue weighted by Gasteiger charge is -2.14. The quantitative estimate of drug-likeness (QED) is 0.486. The van der Waals surface area contributed by atoms with Crippen LogP contribution in [0.5, 0.6) is 5.75 Å². The van der Waals surface area contributed by atoms with Crippen molar-refractivity contribution in [1.29, 1.82) is 5.26 Å². The van der Waals surface area contributed by atoms with E-state index in [0.29, 0.717) is 11.3 Å². The molecular weight excluding hydrogens is 196 g/mol. The summed E-state index contributed by atoms with van der Waals surface area (Å²) < 4.78 is 4.93. The number of benzene rings is 1. The Bertz CT molecular complexity index is 387. The van der Waals surface area contributed by atoms with E-state index in [1.807, 2.05) is 0 Å². The Labute approximate surface area is 87.3 Å². The van der Waals surface area contributed by atoms with Crippen LogP contribution in [0.1, 0.15) is 11.7 Å². The van der Waals surface area contributed by atoms with Gasteiger partial charge in [-0.1, -0.05) is 6.07 Å². The summed E-state index contributed by atoms with van der Waals surface area (Å²) in [5.41, 5.74) is 6.21. The highest BCUT2D eigenvalue weighted by molar-refractivity contribution is 5.52. The monoisotopic (exact) mass is 208 g/mol. The molecule has 80 valence electrons. The first-order chi connectivity index (χ1) is 7.10. The van der Waals surface area contributed by atoms with Crippen LogP contribution >= 0.6 is 0 Å². The number of ether oxygens (including phenoxy) is 1. The van der Waals surface area contributed by atoms with Crippen molar-refractivity contribution < 1.29 is 14.9 Å². The van der Waals surface area contributed by atoms with Crippen LogP contribution in [0.3, 0.4) is 0 Å². The molecule has 2 atom stereocenters. The molecule has 4 N–H and O–H groups in total. The number of nitrogens with two attached hydrogens (primary N) is 1. The third kappa shape index (κ3) is 2.37. The van der Waals surface area contributed by atoms with E-state index in [2.05, 4.69) is 0 Å². The third-order valence-corrected chi connectivity index (χ3v) is 2.04. The van der Waals surface area contributed by atoms with Crippen LogP contribution in [0.4, 0.5) is 5.69 Å². The zero-order valence-electron chi connectivity index (χ0n) is 8.21. The maximum atomic E-state index is 9.54. The zero-order chi connectivity index (χ0) is 11.4. The SMILES string of the molecule is COc1ccc(C(O)C(O)C#N)c(N)c1. The average Bonchev–Trinajstić information content (AvgIpc) is 2.26. The molecule has 0 saturated heterocycles. The molecule has 0 spiro atoms. The zero-order valence-corrected chi connectivity index (χ0v) is 8.21. The van der Waals surface area contributed by atoms with E-state index in [-0.39, 0.29) is 5.69 Å². The van der Waals surface area contributed by atoms with Gasteiger partial charge >= 0.3 is 0 Å². The third-order valence-electron chi connectivity index (χ3n) is 2.04. The van der Waals surface area contributed by atoms with Crippen molar-refractivity contribution in [3.05, 3.63) is 23.8 Å². The standard InChI is InChI=1S/C10H12N2O3/c1-15-6-2-3-7(8(12)4-6)10(14)9(13)5-11/h2-4,9-10,13-14H,12H2,1H3. The highest BCUT2D eigenvalue weighted by Crippen LogP contribution is 2.26. The summed E-state index contributed by atoms with van der Waals surface area (Å²) in [7, 11) is 1.50. The molecule has 15 heavy (non-hydrogen) atoms. The van der Waals surface area contributed by atoms with Crippen molar-refractivity contribution in [1.82, 2.24) is 0 Å². The molecule has 0 heterocycles. The number of anilines is 1. The number of nitrogens with zero attached hydrogens (tertiary/aromatic N) is 1. The average molecular weight is 208 g/mol. The van der Waals surface area contributed by atoms with Crippen molar-refractivity contribution in [2.75, 3.05) is 12.8 Å². The summed E-state index contributed by atoms with van der Waals surface area (Å²) in [5.74, 6) is 0.551. The molecule has 0 saturated carbocycles. The normalized spacial score (nSPS) is 14.0. The molecule has 1 aromatic carbocycles. The summed E-state index contributed by atoms with van der Waals surface area (Å²) in [6.07, 6.45) is -2.79. The molecule has 0 aliphatic heterocycles. The van der Waals surface area contributed by atoms with Gasteiger partial charge < -0.3 is 20.7 Å². The van der Waals surface area contributed by atoms with Gasteiger partial charge in [-0.05, 0) is 6.07 Å². The first-order valence-electron chi connectivity index (χ1n) is 4.29. The van der Waals surface area contributed by atoms with Gasteiger partial charge in [0.25, 0.3) is 0 Å². The first kappa shape index (κ1) is 11.3. The molecule has 1 rings (SSSR count). The fraction of sp³-hybridized carbons (Fsp3) is 0.300. The topological polar surface area (TPSA) is 99.5 Å². The second kappa shape index (κ2) is 4.64. The van der Waals surface area contributed by atoms with Crippen molar-refractivity contribution in [2.45, 2.75) is 12.2 Å². The smallest absolute Gasteiger partial charge is 0.170 e. The molecule has 0 amide bonds. The molecule has 0 aromatic heterocycles. The van der Waals surface area contributed by atoms with Gasteiger partial charge in [0.2, 0.25) is 0 Å². The van der Waals surface area contributed by atoms with Gasteiger partial charge in [-0.15, -0.1) is 0 Å². The highest BCUT2D eigenvalue weighted by atomic mass is 16.5. The second-order valence-corrected chi connectivity index (χ2v) is 3.01. The van der Waals surface area contributed by atoms with Gasteiger partial charge in [0, 0.05) is 17.3 Å². The van der Waals surface area contributed by atoms with Gasteiger partial charge in [0.15, 0.2) is 6.10 Å². The minimum atomic E-state index is -1.49. The Kier molecular flexibility index (Phi) is 3.50. The Morgan fingerprint density at radius 2 is 2.13 bits per heavy atom. The fourth-order valence-corrected chi connectivity index (χ4v) is 1.19. The van der Waals surface area contributed by atoms with Crippen LogP contribution in [0.2, 0.25) is 0 Å². The van der Waals surface area contributed by atoms with Crippen molar-refractivity contribution >= 4 is 5.69 Å². The minimum absolute atomic E-state index is 0.274. The van der Waals surface area contributed by atoms with Crippen molar-refractivity contribution in [3.8, 4) is 11.8 Å². The molecule has 1 aromatic rings. The van der Waals surface area contributed by atoms with Gasteiger partial charge in [-0.3, -0.25) is 0 Å². The van der Waals surface area contributed by atoms with Gasteiger partial charge in [-0.25, -0.2) is 0 Å². The summed E-state index contributed by atoms with van der Waals surface area (Å²) in [4.78, 5) is 0. The van der Waals surface area contributed by atoms with Crippen LogP contribution < -0.4 is 10.5 Å². The predicted molar refractivity (Wildman–Crippen MR) is 54.0 cm³/mol. The van der Waals surface area contributed by atoms with E-state index in [4.69, 9.17) is 20.8 Å². The van der Waals surface area contributed by atoms with Crippen molar-refractivity contribution in [2.24, 2.45) is 0 Å². The first-order valence-corrected chi connectivity index (χ1v) is 4.29. The summed E-state index contributed by atoms with van der Waals surface area (Å²) in [6.45, 7) is 0. The number of rotatable bonds is 3. The summed E-state index contributed by atoms with van der Waals surface area (Å²) in [5, 5.41) is 27.1. The molecule has 0 bridgehead atoms. The van der Waals surface area contributed by atoms with Crippen LogP contribution in [-0.4, -0.2) is 23.4 Å². The Balaban J connectivity index is 3.01. The Hall–Kier alpha value is -1.77. The second-order valence-electron chi connectivity index (χ2n) is 3.01. The summed E-state index contributed by atoms with van der Waals surface area (Å²) in [6, 6.07) is 6.16. The number of methoxy groups -OCH3 is 1. The van der Waals surface area contributed by atoms with Crippen LogP contribution in [0, 0.1) is 11.3 Å². The summed E-state index contributed by atoms with van der Waals surface area (Å²) >= 11 is 0. The van der Waals surface area contributed by atoms with E-state index in [1.165, 1.54) is 25.3 Å². The Morgan fingerprint density at radius 1 is 1.47 bits per heavy atom. The van der Waals surface area contributed by atoms with E-state index in [0.717, 1.165) is 0 Å². The van der Waals surface area contributed by atoms with Gasteiger partial charge in [0.1, 0.15) is 11.9 Å². The van der Waals surface area contributed by atoms with Crippen molar-refractivity contribution in [3.63, 3.8) is 0 Å². The van der Waals surface area contributed by atoms with Gasteiger partial charge in [0.05, 0.1) is 13.2 Å². The van der Waals surface area contributed by atoms with E-state index in [9.17, 15) is 5.11 Å². The molecular formula is C10H12N2O3. The molecule has 2 unspecified atom stereocenters. The number of hydrogen-bond acceptors (Lipinski definition) is 5.